The van der Waals surface area contributed by atoms with Gasteiger partial charge in [-0.05, 0) is 42.8 Å². The predicted molar refractivity (Wildman–Crippen MR) is 80.8 cm³/mol. The fourth-order valence-corrected chi connectivity index (χ4v) is 2.10. The number of aliphatic hydroxyl groups excluding tert-OH is 1. The summed E-state index contributed by atoms with van der Waals surface area (Å²) in [6.45, 7) is 1.52. The van der Waals surface area contributed by atoms with Crippen molar-refractivity contribution in [3.05, 3.63) is 59.4 Å². The van der Waals surface area contributed by atoms with E-state index in [-0.39, 0.29) is 24.9 Å². The van der Waals surface area contributed by atoms with Gasteiger partial charge in [-0.3, -0.25) is 4.79 Å². The summed E-state index contributed by atoms with van der Waals surface area (Å²) in [6, 6.07) is 11.1. The first-order chi connectivity index (χ1) is 10.0. The fraction of sp³-hybridized carbons (Fsp3) is 0.188. The van der Waals surface area contributed by atoms with Gasteiger partial charge in [0.15, 0.2) is 0 Å². The van der Waals surface area contributed by atoms with Gasteiger partial charge in [0.1, 0.15) is 5.82 Å². The first kappa shape index (κ1) is 15.0. The monoisotopic (exact) mass is 288 g/mol. The summed E-state index contributed by atoms with van der Waals surface area (Å²) >= 11 is 0. The fourth-order valence-electron chi connectivity index (χ4n) is 2.10. The van der Waals surface area contributed by atoms with Gasteiger partial charge < -0.3 is 15.7 Å². The Hall–Kier alpha value is -2.40. The molecule has 0 saturated carbocycles. The molecule has 1 amide bonds. The molecule has 110 valence electrons. The van der Waals surface area contributed by atoms with Crippen molar-refractivity contribution in [1.82, 2.24) is 0 Å². The molecule has 2 aromatic rings. The van der Waals surface area contributed by atoms with Crippen LogP contribution in [0.2, 0.25) is 0 Å². The molecule has 0 aromatic heterocycles. The molecule has 0 bridgehead atoms. The van der Waals surface area contributed by atoms with Crippen LogP contribution >= 0.6 is 0 Å². The number of para-hydroxylation sites is 2. The second kappa shape index (κ2) is 6.37. The number of benzene rings is 2. The van der Waals surface area contributed by atoms with Crippen molar-refractivity contribution >= 4 is 17.3 Å². The Labute approximate surface area is 122 Å². The van der Waals surface area contributed by atoms with E-state index in [1.165, 1.54) is 23.1 Å². The van der Waals surface area contributed by atoms with Crippen LogP contribution in [0.3, 0.4) is 0 Å². The predicted octanol–water partition coefficient (Wildman–Crippen LogP) is 2.36. The summed E-state index contributed by atoms with van der Waals surface area (Å²) in [7, 11) is 0. The van der Waals surface area contributed by atoms with E-state index in [2.05, 4.69) is 0 Å². The third kappa shape index (κ3) is 3.20. The lowest BCUT2D eigenvalue weighted by Crippen LogP contribution is -2.34. The average molecular weight is 288 g/mol. The molecular weight excluding hydrogens is 271 g/mol. The number of nitrogen functional groups attached to an aromatic ring is 1. The molecular formula is C16H17FN2O2. The van der Waals surface area contributed by atoms with E-state index in [0.29, 0.717) is 22.5 Å². The van der Waals surface area contributed by atoms with Gasteiger partial charge >= 0.3 is 0 Å². The van der Waals surface area contributed by atoms with Crippen LogP contribution in [0.15, 0.2) is 42.5 Å². The van der Waals surface area contributed by atoms with E-state index in [4.69, 9.17) is 5.73 Å². The summed E-state index contributed by atoms with van der Waals surface area (Å²) < 4.78 is 13.3. The zero-order chi connectivity index (χ0) is 15.4. The minimum Gasteiger partial charge on any atom is -0.397 e. The summed E-state index contributed by atoms with van der Waals surface area (Å²) in [4.78, 5) is 14.0. The van der Waals surface area contributed by atoms with Crippen LogP contribution < -0.4 is 10.6 Å². The van der Waals surface area contributed by atoms with E-state index in [0.717, 1.165) is 0 Å². The first-order valence-electron chi connectivity index (χ1n) is 6.58. The Kier molecular flexibility index (Phi) is 4.55. The highest BCUT2D eigenvalue weighted by Crippen LogP contribution is 2.24. The molecule has 4 nitrogen and oxygen atoms in total. The third-order valence-electron chi connectivity index (χ3n) is 3.20. The number of amides is 1. The molecule has 0 aliphatic rings. The number of hydrogen-bond acceptors (Lipinski definition) is 3. The Bertz CT molecular complexity index is 658. The van der Waals surface area contributed by atoms with E-state index in [1.807, 2.05) is 0 Å². The van der Waals surface area contributed by atoms with E-state index < -0.39 is 0 Å². The second-order valence-corrected chi connectivity index (χ2v) is 4.70. The number of aryl methyl sites for hydroxylation is 1. The number of nitrogens with zero attached hydrogens (tertiary/aromatic N) is 1. The van der Waals surface area contributed by atoms with Crippen molar-refractivity contribution in [2.75, 3.05) is 23.8 Å². The van der Waals surface area contributed by atoms with Crippen LogP contribution in [0.25, 0.3) is 0 Å². The number of nitrogens with two attached hydrogens (primary N) is 1. The minimum absolute atomic E-state index is 0.115. The smallest absolute Gasteiger partial charge is 0.258 e. The first-order valence-corrected chi connectivity index (χ1v) is 6.58. The van der Waals surface area contributed by atoms with Gasteiger partial charge in [-0.1, -0.05) is 12.1 Å². The maximum Gasteiger partial charge on any atom is 0.258 e. The Morgan fingerprint density at radius 1 is 1.29 bits per heavy atom. The number of rotatable bonds is 4. The molecule has 2 rings (SSSR count). The highest BCUT2D eigenvalue weighted by molar-refractivity contribution is 6.07. The molecule has 0 spiro atoms. The van der Waals surface area contributed by atoms with Crippen LogP contribution in [0, 0.1) is 12.7 Å². The van der Waals surface area contributed by atoms with Crippen molar-refractivity contribution in [1.29, 1.82) is 0 Å². The Balaban J connectivity index is 2.40. The molecule has 0 radical (unpaired) electrons. The lowest BCUT2D eigenvalue weighted by atomic mass is 10.1. The van der Waals surface area contributed by atoms with Gasteiger partial charge in [-0.15, -0.1) is 0 Å². The van der Waals surface area contributed by atoms with Gasteiger partial charge in [0.2, 0.25) is 0 Å². The topological polar surface area (TPSA) is 66.6 Å². The van der Waals surface area contributed by atoms with Crippen LogP contribution in [-0.4, -0.2) is 24.2 Å². The molecule has 0 saturated heterocycles. The quantitative estimate of drug-likeness (QED) is 0.849. The normalized spacial score (nSPS) is 10.4. The van der Waals surface area contributed by atoms with E-state index in [1.54, 1.807) is 31.2 Å². The number of hydrogen-bond donors (Lipinski definition) is 2. The molecule has 0 aliphatic carbocycles. The summed E-state index contributed by atoms with van der Waals surface area (Å²) in [5.74, 6) is -0.690. The number of aliphatic hydroxyl groups is 1. The molecule has 2 aromatic carbocycles. The maximum absolute atomic E-state index is 13.3. The largest absolute Gasteiger partial charge is 0.397 e. The van der Waals surface area contributed by atoms with Gasteiger partial charge in [-0.25, -0.2) is 4.39 Å². The lowest BCUT2D eigenvalue weighted by molar-refractivity contribution is 0.0981. The van der Waals surface area contributed by atoms with E-state index >= 15 is 0 Å². The van der Waals surface area contributed by atoms with Crippen LogP contribution in [0.4, 0.5) is 15.8 Å². The van der Waals surface area contributed by atoms with Gasteiger partial charge in [0.05, 0.1) is 18.0 Å². The summed E-state index contributed by atoms with van der Waals surface area (Å²) in [5, 5.41) is 9.19. The van der Waals surface area contributed by atoms with Crippen LogP contribution in [0.5, 0.6) is 0 Å². The zero-order valence-corrected chi connectivity index (χ0v) is 11.7. The molecule has 0 fully saturated rings. The van der Waals surface area contributed by atoms with Gasteiger partial charge in [0, 0.05) is 12.1 Å². The molecule has 0 aliphatic heterocycles. The molecule has 3 N–H and O–H groups in total. The minimum atomic E-state index is -0.362. The van der Waals surface area contributed by atoms with Crippen LogP contribution in [-0.2, 0) is 0 Å². The molecule has 0 heterocycles. The van der Waals surface area contributed by atoms with Crippen molar-refractivity contribution in [3.8, 4) is 0 Å². The summed E-state index contributed by atoms with van der Waals surface area (Å²) in [6.07, 6.45) is 0. The molecule has 0 atom stereocenters. The molecule has 0 unspecified atom stereocenters. The Morgan fingerprint density at radius 2 is 2.00 bits per heavy atom. The number of halogens is 1. The summed E-state index contributed by atoms with van der Waals surface area (Å²) in [5.41, 5.74) is 7.60. The standard InChI is InChI=1S/C16H17FN2O2/c1-11-10-12(6-7-13(11)17)16(21)19(8-9-20)15-5-3-2-4-14(15)18/h2-7,10,20H,8-9,18H2,1H3. The number of carbonyl (C=O) groups is 1. The van der Waals surface area contributed by atoms with Crippen molar-refractivity contribution in [2.24, 2.45) is 0 Å². The average Bonchev–Trinajstić information content (AvgIpc) is 2.48. The van der Waals surface area contributed by atoms with Gasteiger partial charge in [-0.2, -0.15) is 0 Å². The van der Waals surface area contributed by atoms with Crippen LogP contribution in [0.1, 0.15) is 15.9 Å². The highest BCUT2D eigenvalue weighted by Gasteiger charge is 2.19. The van der Waals surface area contributed by atoms with Crippen molar-refractivity contribution in [2.45, 2.75) is 6.92 Å². The third-order valence-corrected chi connectivity index (χ3v) is 3.20. The molecule has 21 heavy (non-hydrogen) atoms. The maximum atomic E-state index is 13.3. The number of anilines is 2. The highest BCUT2D eigenvalue weighted by atomic mass is 19.1. The Morgan fingerprint density at radius 3 is 2.62 bits per heavy atom. The van der Waals surface area contributed by atoms with E-state index in [9.17, 15) is 14.3 Å². The van der Waals surface area contributed by atoms with Crippen molar-refractivity contribution < 1.29 is 14.3 Å². The van der Waals surface area contributed by atoms with Gasteiger partial charge in [0.25, 0.3) is 5.91 Å². The SMILES string of the molecule is Cc1cc(C(=O)N(CCO)c2ccccc2N)ccc1F. The lowest BCUT2D eigenvalue weighted by Gasteiger charge is -2.23. The zero-order valence-electron chi connectivity index (χ0n) is 11.7. The van der Waals surface area contributed by atoms with Crippen molar-refractivity contribution in [3.63, 3.8) is 0 Å². The molecule has 5 heteroatoms. The second-order valence-electron chi connectivity index (χ2n) is 4.70. The number of carbonyl (C=O) groups excluding carboxylic acids is 1.